The zero-order chi connectivity index (χ0) is 19.6. The van der Waals surface area contributed by atoms with E-state index < -0.39 is 10.0 Å². The van der Waals surface area contributed by atoms with Crippen LogP contribution in [-0.4, -0.2) is 20.6 Å². The van der Waals surface area contributed by atoms with Gasteiger partial charge < -0.3 is 4.74 Å². The SMILES string of the molecule is O=S(=O)(NC1CCCCC1Oc1ccc(F)cc1)c1c(Br)cc(Br)cc1Br. The number of halogens is 4. The maximum Gasteiger partial charge on any atom is 0.243 e. The Morgan fingerprint density at radius 1 is 1.00 bits per heavy atom. The van der Waals surface area contributed by atoms with E-state index in [0.717, 1.165) is 23.7 Å². The summed E-state index contributed by atoms with van der Waals surface area (Å²) in [5.41, 5.74) is 0. The van der Waals surface area contributed by atoms with E-state index in [1.807, 2.05) is 0 Å². The molecule has 146 valence electrons. The van der Waals surface area contributed by atoms with Crippen molar-refractivity contribution in [2.24, 2.45) is 0 Å². The summed E-state index contributed by atoms with van der Waals surface area (Å²) < 4.78 is 49.5. The van der Waals surface area contributed by atoms with E-state index in [9.17, 15) is 12.8 Å². The third kappa shape index (κ3) is 5.32. The summed E-state index contributed by atoms with van der Waals surface area (Å²) in [7, 11) is -3.77. The summed E-state index contributed by atoms with van der Waals surface area (Å²) >= 11 is 10.00. The Balaban J connectivity index is 1.82. The second-order valence-electron chi connectivity index (χ2n) is 6.32. The standard InChI is InChI=1S/C18H17Br3FNO3S/c19-11-9-14(20)18(15(21)10-11)27(24,25)23-16-3-1-2-4-17(16)26-13-7-5-12(22)6-8-13/h5-10,16-17,23H,1-4H2. The molecule has 2 aromatic carbocycles. The minimum atomic E-state index is -3.77. The molecule has 4 nitrogen and oxygen atoms in total. The Morgan fingerprint density at radius 2 is 1.59 bits per heavy atom. The highest BCUT2D eigenvalue weighted by atomic mass is 79.9. The number of sulfonamides is 1. The molecular weight excluding hydrogens is 569 g/mol. The molecule has 1 aliphatic rings. The molecule has 1 N–H and O–H groups in total. The molecule has 0 bridgehead atoms. The molecule has 0 radical (unpaired) electrons. The van der Waals surface area contributed by atoms with Gasteiger partial charge in [-0.15, -0.1) is 0 Å². The molecule has 0 saturated heterocycles. The Bertz CT molecular complexity index is 899. The van der Waals surface area contributed by atoms with Crippen LogP contribution in [0.3, 0.4) is 0 Å². The van der Waals surface area contributed by atoms with Crippen LogP contribution >= 0.6 is 47.8 Å². The monoisotopic (exact) mass is 583 g/mol. The van der Waals surface area contributed by atoms with Crippen molar-refractivity contribution in [3.05, 3.63) is 55.6 Å². The van der Waals surface area contributed by atoms with Crippen molar-refractivity contribution < 1.29 is 17.5 Å². The first kappa shape index (κ1) is 21.2. The molecular formula is C18H17Br3FNO3S. The quantitative estimate of drug-likeness (QED) is 0.484. The van der Waals surface area contributed by atoms with Gasteiger partial charge in [-0.1, -0.05) is 22.4 Å². The number of rotatable bonds is 5. The fraction of sp³-hybridized carbons (Fsp3) is 0.333. The van der Waals surface area contributed by atoms with E-state index in [1.165, 1.54) is 12.1 Å². The molecule has 1 saturated carbocycles. The van der Waals surface area contributed by atoms with Crippen LogP contribution in [0.5, 0.6) is 5.75 Å². The van der Waals surface area contributed by atoms with Crippen LogP contribution in [0.25, 0.3) is 0 Å². The van der Waals surface area contributed by atoms with Gasteiger partial charge in [0, 0.05) is 13.4 Å². The second-order valence-corrected chi connectivity index (χ2v) is 10.6. The highest BCUT2D eigenvalue weighted by molar-refractivity contribution is 9.11. The topological polar surface area (TPSA) is 55.4 Å². The molecule has 0 heterocycles. The van der Waals surface area contributed by atoms with E-state index in [4.69, 9.17) is 4.74 Å². The van der Waals surface area contributed by atoms with Gasteiger partial charge in [-0.05, 0) is 87.5 Å². The lowest BCUT2D eigenvalue weighted by molar-refractivity contribution is 0.124. The smallest absolute Gasteiger partial charge is 0.243 e. The van der Waals surface area contributed by atoms with Gasteiger partial charge in [-0.2, -0.15) is 0 Å². The van der Waals surface area contributed by atoms with Crippen LogP contribution in [0.1, 0.15) is 25.7 Å². The number of nitrogens with one attached hydrogen (secondary N) is 1. The molecule has 2 unspecified atom stereocenters. The molecule has 3 rings (SSSR count). The van der Waals surface area contributed by atoms with Crippen LogP contribution in [0.15, 0.2) is 54.7 Å². The summed E-state index contributed by atoms with van der Waals surface area (Å²) in [6.07, 6.45) is 2.96. The van der Waals surface area contributed by atoms with Crippen molar-refractivity contribution in [2.45, 2.75) is 42.7 Å². The first-order valence-corrected chi connectivity index (χ1v) is 12.2. The van der Waals surface area contributed by atoms with Gasteiger partial charge in [0.25, 0.3) is 0 Å². The molecule has 0 spiro atoms. The summed E-state index contributed by atoms with van der Waals surface area (Å²) in [4.78, 5) is 0.150. The Labute approximate surface area is 183 Å². The molecule has 9 heteroatoms. The van der Waals surface area contributed by atoms with Crippen LogP contribution in [0, 0.1) is 5.82 Å². The average molecular weight is 586 g/mol. The molecule has 0 aromatic heterocycles. The largest absolute Gasteiger partial charge is 0.489 e. The molecule has 27 heavy (non-hydrogen) atoms. The van der Waals surface area contributed by atoms with Crippen molar-refractivity contribution >= 4 is 57.8 Å². The van der Waals surface area contributed by atoms with Crippen LogP contribution in [0.4, 0.5) is 4.39 Å². The van der Waals surface area contributed by atoms with Crippen LogP contribution < -0.4 is 9.46 Å². The van der Waals surface area contributed by atoms with Gasteiger partial charge in [-0.3, -0.25) is 0 Å². The second kappa shape index (κ2) is 8.90. The predicted octanol–water partition coefficient (Wildman–Crippen LogP) is 5.78. The van der Waals surface area contributed by atoms with Crippen molar-refractivity contribution in [3.8, 4) is 5.75 Å². The van der Waals surface area contributed by atoms with Crippen molar-refractivity contribution in [1.29, 1.82) is 0 Å². The van der Waals surface area contributed by atoms with E-state index in [2.05, 4.69) is 52.5 Å². The predicted molar refractivity (Wildman–Crippen MR) is 113 cm³/mol. The summed E-state index contributed by atoms with van der Waals surface area (Å²) in [6.45, 7) is 0. The fourth-order valence-electron chi connectivity index (χ4n) is 3.10. The molecule has 2 atom stereocenters. The van der Waals surface area contributed by atoms with E-state index in [0.29, 0.717) is 21.1 Å². The van der Waals surface area contributed by atoms with Crippen molar-refractivity contribution in [3.63, 3.8) is 0 Å². The Hall–Kier alpha value is -0.480. The maximum absolute atomic E-state index is 13.1. The lowest BCUT2D eigenvalue weighted by atomic mass is 9.93. The molecule has 1 aliphatic carbocycles. The number of hydrogen-bond donors (Lipinski definition) is 1. The fourth-order valence-corrected chi connectivity index (χ4v) is 8.06. The summed E-state index contributed by atoms with van der Waals surface area (Å²) in [5.74, 6) is 0.187. The molecule has 0 amide bonds. The highest BCUT2D eigenvalue weighted by Crippen LogP contribution is 2.34. The van der Waals surface area contributed by atoms with E-state index in [1.54, 1.807) is 24.3 Å². The van der Waals surface area contributed by atoms with E-state index >= 15 is 0 Å². The van der Waals surface area contributed by atoms with Crippen molar-refractivity contribution in [1.82, 2.24) is 4.72 Å². The molecule has 2 aromatic rings. The van der Waals surface area contributed by atoms with Gasteiger partial charge >= 0.3 is 0 Å². The van der Waals surface area contributed by atoms with Crippen LogP contribution in [-0.2, 0) is 10.0 Å². The highest BCUT2D eigenvalue weighted by Gasteiger charge is 2.32. The normalized spacial score (nSPS) is 20.4. The zero-order valence-corrected chi connectivity index (χ0v) is 19.7. The minimum absolute atomic E-state index is 0.150. The van der Waals surface area contributed by atoms with Gasteiger partial charge in [0.15, 0.2) is 0 Å². The first-order chi connectivity index (χ1) is 12.8. The Morgan fingerprint density at radius 3 is 2.22 bits per heavy atom. The van der Waals surface area contributed by atoms with E-state index in [-0.39, 0.29) is 22.9 Å². The lowest BCUT2D eigenvalue weighted by Crippen LogP contribution is -2.47. The number of benzene rings is 2. The number of hydrogen-bond acceptors (Lipinski definition) is 3. The van der Waals surface area contributed by atoms with Gasteiger partial charge in [0.05, 0.1) is 6.04 Å². The van der Waals surface area contributed by atoms with Gasteiger partial charge in [-0.25, -0.2) is 17.5 Å². The summed E-state index contributed by atoms with van der Waals surface area (Å²) in [6, 6.07) is 8.77. The zero-order valence-electron chi connectivity index (χ0n) is 14.1. The molecule has 0 aliphatic heterocycles. The average Bonchev–Trinajstić information content (AvgIpc) is 2.57. The molecule has 1 fully saturated rings. The summed E-state index contributed by atoms with van der Waals surface area (Å²) in [5, 5.41) is 0. The van der Waals surface area contributed by atoms with Gasteiger partial charge in [0.2, 0.25) is 10.0 Å². The van der Waals surface area contributed by atoms with Crippen LogP contribution in [0.2, 0.25) is 0 Å². The first-order valence-electron chi connectivity index (χ1n) is 8.35. The number of ether oxygens (including phenoxy) is 1. The third-order valence-corrected chi connectivity index (χ3v) is 8.17. The van der Waals surface area contributed by atoms with Crippen molar-refractivity contribution in [2.75, 3.05) is 0 Å². The Kier molecular flexibility index (Phi) is 7.00. The van der Waals surface area contributed by atoms with Gasteiger partial charge in [0.1, 0.15) is 22.6 Å². The third-order valence-electron chi connectivity index (χ3n) is 4.34. The maximum atomic E-state index is 13.1. The minimum Gasteiger partial charge on any atom is -0.489 e. The lowest BCUT2D eigenvalue weighted by Gasteiger charge is -2.32.